The minimum Gasteiger partial charge on any atom is -0.316 e. The van der Waals surface area contributed by atoms with Crippen molar-refractivity contribution < 1.29 is 9.59 Å². The molecule has 1 aromatic heterocycles. The number of nitrogens with zero attached hydrogens (tertiary/aromatic N) is 3. The Kier molecular flexibility index (Phi) is 4.76. The van der Waals surface area contributed by atoms with Crippen LogP contribution >= 0.6 is 0 Å². The molecule has 2 aliphatic rings. The highest BCUT2D eigenvalue weighted by atomic mass is 16.2. The predicted octanol–water partition coefficient (Wildman–Crippen LogP) is 2.25. The molecule has 1 unspecified atom stereocenters. The molecular weight excluding hydrogens is 328 g/mol. The van der Waals surface area contributed by atoms with Crippen LogP contribution < -0.4 is 5.32 Å². The zero-order chi connectivity index (χ0) is 18.1. The standard InChI is InChI=1S/C20H26N4O2/c1-14-4-2-6-18-17(14)13-22-23(18)11-9-19(25)24(16-7-8-16)20(26)15-5-3-10-21-12-15/h2,4,6,13,15-16,21H,3,5,7-12H2,1H3. The number of hydrogen-bond donors (Lipinski definition) is 1. The van der Waals surface area contributed by atoms with Crippen molar-refractivity contribution in [3.05, 3.63) is 30.0 Å². The van der Waals surface area contributed by atoms with E-state index < -0.39 is 0 Å². The molecule has 1 saturated heterocycles. The van der Waals surface area contributed by atoms with Gasteiger partial charge in [-0.15, -0.1) is 0 Å². The van der Waals surface area contributed by atoms with Crippen LogP contribution in [-0.4, -0.2) is 45.6 Å². The molecule has 1 saturated carbocycles. The maximum Gasteiger partial charge on any atom is 0.233 e. The summed E-state index contributed by atoms with van der Waals surface area (Å²) in [6.07, 6.45) is 5.94. The third-order valence-corrected chi connectivity index (χ3v) is 5.51. The Bertz CT molecular complexity index is 818. The first kappa shape index (κ1) is 17.2. The normalized spacial score (nSPS) is 20.3. The van der Waals surface area contributed by atoms with E-state index in [-0.39, 0.29) is 23.8 Å². The van der Waals surface area contributed by atoms with Crippen molar-refractivity contribution in [2.75, 3.05) is 13.1 Å². The number of aromatic nitrogens is 2. The molecule has 0 bridgehead atoms. The Morgan fingerprint density at radius 1 is 1.31 bits per heavy atom. The molecule has 6 nitrogen and oxygen atoms in total. The summed E-state index contributed by atoms with van der Waals surface area (Å²) >= 11 is 0. The molecule has 0 spiro atoms. The van der Waals surface area contributed by atoms with Crippen molar-refractivity contribution in [2.45, 2.75) is 51.6 Å². The van der Waals surface area contributed by atoms with Gasteiger partial charge >= 0.3 is 0 Å². The second-order valence-electron chi connectivity index (χ2n) is 7.50. The van der Waals surface area contributed by atoms with E-state index in [0.717, 1.165) is 43.1 Å². The molecule has 2 heterocycles. The number of imide groups is 1. The lowest BCUT2D eigenvalue weighted by atomic mass is 9.98. The summed E-state index contributed by atoms with van der Waals surface area (Å²) in [6.45, 7) is 4.22. The van der Waals surface area contributed by atoms with Crippen LogP contribution in [0.1, 0.15) is 37.7 Å². The van der Waals surface area contributed by atoms with E-state index in [0.29, 0.717) is 19.5 Å². The summed E-state index contributed by atoms with van der Waals surface area (Å²) in [5.74, 6) is -0.0910. The number of carbonyl (C=O) groups is 2. The number of benzene rings is 1. The molecule has 1 aromatic carbocycles. The average molecular weight is 354 g/mol. The Labute approximate surface area is 153 Å². The molecule has 2 amide bonds. The fraction of sp³-hybridized carbons (Fsp3) is 0.550. The number of fused-ring (bicyclic) bond motifs is 1. The van der Waals surface area contributed by atoms with E-state index in [2.05, 4.69) is 23.4 Å². The Morgan fingerprint density at radius 2 is 2.15 bits per heavy atom. The summed E-state index contributed by atoms with van der Waals surface area (Å²) in [7, 11) is 0. The number of amides is 2. The number of rotatable bonds is 5. The van der Waals surface area contributed by atoms with Gasteiger partial charge in [0.15, 0.2) is 0 Å². The molecule has 1 aliphatic heterocycles. The van der Waals surface area contributed by atoms with Crippen LogP contribution in [0.2, 0.25) is 0 Å². The number of nitrogens with one attached hydrogen (secondary N) is 1. The molecule has 1 aliphatic carbocycles. The van der Waals surface area contributed by atoms with Gasteiger partial charge in [-0.1, -0.05) is 12.1 Å². The van der Waals surface area contributed by atoms with Crippen LogP contribution in [0.4, 0.5) is 0 Å². The summed E-state index contributed by atoms with van der Waals surface area (Å²) in [4.78, 5) is 27.3. The quantitative estimate of drug-likeness (QED) is 0.894. The Balaban J connectivity index is 1.45. The first-order valence-corrected chi connectivity index (χ1v) is 9.63. The maximum absolute atomic E-state index is 12.9. The zero-order valence-corrected chi connectivity index (χ0v) is 15.3. The smallest absolute Gasteiger partial charge is 0.233 e. The van der Waals surface area contributed by atoms with Crippen molar-refractivity contribution in [3.8, 4) is 0 Å². The van der Waals surface area contributed by atoms with Gasteiger partial charge in [0, 0.05) is 24.4 Å². The van der Waals surface area contributed by atoms with Gasteiger partial charge in [0.2, 0.25) is 11.8 Å². The van der Waals surface area contributed by atoms with Gasteiger partial charge in [0.05, 0.1) is 24.2 Å². The maximum atomic E-state index is 12.9. The van der Waals surface area contributed by atoms with Gasteiger partial charge in [0.25, 0.3) is 0 Å². The highest BCUT2D eigenvalue weighted by Crippen LogP contribution is 2.30. The number of aryl methyl sites for hydroxylation is 2. The monoisotopic (exact) mass is 354 g/mol. The van der Waals surface area contributed by atoms with Gasteiger partial charge in [-0.3, -0.25) is 19.2 Å². The predicted molar refractivity (Wildman–Crippen MR) is 99.6 cm³/mol. The van der Waals surface area contributed by atoms with Gasteiger partial charge in [-0.25, -0.2) is 0 Å². The van der Waals surface area contributed by atoms with E-state index in [1.807, 2.05) is 23.0 Å². The molecule has 6 heteroatoms. The van der Waals surface area contributed by atoms with E-state index in [1.54, 1.807) is 4.90 Å². The molecule has 26 heavy (non-hydrogen) atoms. The van der Waals surface area contributed by atoms with Crippen LogP contribution in [0.5, 0.6) is 0 Å². The van der Waals surface area contributed by atoms with Gasteiger partial charge in [-0.05, 0) is 50.8 Å². The third kappa shape index (κ3) is 3.38. The topological polar surface area (TPSA) is 67.2 Å². The van der Waals surface area contributed by atoms with Crippen molar-refractivity contribution in [1.29, 1.82) is 0 Å². The molecule has 0 radical (unpaired) electrons. The molecule has 1 N–H and O–H groups in total. The van der Waals surface area contributed by atoms with Crippen LogP contribution in [0, 0.1) is 12.8 Å². The third-order valence-electron chi connectivity index (χ3n) is 5.51. The van der Waals surface area contributed by atoms with E-state index >= 15 is 0 Å². The summed E-state index contributed by atoms with van der Waals surface area (Å²) < 4.78 is 1.87. The lowest BCUT2D eigenvalue weighted by Gasteiger charge is -2.28. The lowest BCUT2D eigenvalue weighted by Crippen LogP contribution is -2.47. The number of piperidine rings is 1. The SMILES string of the molecule is Cc1cccc2c1cnn2CCC(=O)N(C(=O)C1CCCNC1)C1CC1. The molecule has 2 fully saturated rings. The highest BCUT2D eigenvalue weighted by molar-refractivity contribution is 5.97. The summed E-state index contributed by atoms with van der Waals surface area (Å²) in [5.41, 5.74) is 2.22. The summed E-state index contributed by atoms with van der Waals surface area (Å²) in [6, 6.07) is 6.21. The average Bonchev–Trinajstić information content (AvgIpc) is 3.40. The fourth-order valence-electron chi connectivity index (χ4n) is 3.85. The van der Waals surface area contributed by atoms with Crippen molar-refractivity contribution in [1.82, 2.24) is 20.0 Å². The zero-order valence-electron chi connectivity index (χ0n) is 15.3. The number of carbonyl (C=O) groups excluding carboxylic acids is 2. The number of hydrogen-bond acceptors (Lipinski definition) is 4. The first-order valence-electron chi connectivity index (χ1n) is 9.63. The molecule has 138 valence electrons. The Morgan fingerprint density at radius 3 is 2.88 bits per heavy atom. The molecule has 2 aromatic rings. The largest absolute Gasteiger partial charge is 0.316 e. The minimum atomic E-state index is -0.0561. The van der Waals surface area contributed by atoms with Crippen molar-refractivity contribution in [3.63, 3.8) is 0 Å². The van der Waals surface area contributed by atoms with E-state index in [9.17, 15) is 9.59 Å². The van der Waals surface area contributed by atoms with Crippen LogP contribution in [0.15, 0.2) is 24.4 Å². The van der Waals surface area contributed by atoms with Gasteiger partial charge < -0.3 is 5.32 Å². The van der Waals surface area contributed by atoms with Crippen LogP contribution in [0.3, 0.4) is 0 Å². The second-order valence-corrected chi connectivity index (χ2v) is 7.50. The second kappa shape index (κ2) is 7.19. The first-order chi connectivity index (χ1) is 12.6. The van der Waals surface area contributed by atoms with Crippen molar-refractivity contribution in [2.24, 2.45) is 5.92 Å². The summed E-state index contributed by atoms with van der Waals surface area (Å²) in [5, 5.41) is 8.82. The molecular formula is C20H26N4O2. The van der Waals surface area contributed by atoms with Gasteiger partial charge in [-0.2, -0.15) is 5.10 Å². The van der Waals surface area contributed by atoms with E-state index in [4.69, 9.17) is 0 Å². The van der Waals surface area contributed by atoms with Crippen LogP contribution in [0.25, 0.3) is 10.9 Å². The van der Waals surface area contributed by atoms with Crippen molar-refractivity contribution >= 4 is 22.7 Å². The molecule has 1 atom stereocenters. The highest BCUT2D eigenvalue weighted by Gasteiger charge is 2.39. The van der Waals surface area contributed by atoms with Gasteiger partial charge in [0.1, 0.15) is 0 Å². The lowest BCUT2D eigenvalue weighted by molar-refractivity contribution is -0.148. The Hall–Kier alpha value is -2.21. The van der Waals surface area contributed by atoms with Crippen LogP contribution in [-0.2, 0) is 16.1 Å². The molecule has 4 rings (SSSR count). The van der Waals surface area contributed by atoms with E-state index in [1.165, 1.54) is 5.56 Å². The fourth-order valence-corrected chi connectivity index (χ4v) is 3.85. The minimum absolute atomic E-state index is 0.0193.